The van der Waals surface area contributed by atoms with E-state index in [1.165, 1.54) is 19.3 Å². The van der Waals surface area contributed by atoms with E-state index in [9.17, 15) is 4.79 Å². The lowest BCUT2D eigenvalue weighted by Crippen LogP contribution is -2.28. The van der Waals surface area contributed by atoms with Crippen LogP contribution >= 0.6 is 15.9 Å². The second-order valence-electron chi connectivity index (χ2n) is 4.86. The molecular weight excluding hydrogens is 280 g/mol. The van der Waals surface area contributed by atoms with E-state index in [0.29, 0.717) is 16.1 Å². The number of carbonyl (C=O) groups is 1. The van der Waals surface area contributed by atoms with Crippen LogP contribution < -0.4 is 5.32 Å². The monoisotopic (exact) mass is 296 g/mol. The van der Waals surface area contributed by atoms with Crippen LogP contribution in [0.4, 0.5) is 0 Å². The van der Waals surface area contributed by atoms with Gasteiger partial charge in [-0.3, -0.25) is 4.79 Å². The molecule has 0 aliphatic heterocycles. The molecule has 92 valence electrons. The van der Waals surface area contributed by atoms with Crippen molar-refractivity contribution in [3.8, 4) is 0 Å². The molecular formula is C13H17BrN2O. The van der Waals surface area contributed by atoms with Gasteiger partial charge in [-0.25, -0.2) is 4.98 Å². The lowest BCUT2D eigenvalue weighted by atomic mass is 10.1. The summed E-state index contributed by atoms with van der Waals surface area (Å²) in [7, 11) is 0. The number of halogens is 1. The van der Waals surface area contributed by atoms with Crippen molar-refractivity contribution in [2.75, 3.05) is 6.54 Å². The number of aromatic nitrogens is 1. The summed E-state index contributed by atoms with van der Waals surface area (Å²) in [5, 5.41) is 3.00. The molecule has 2 unspecified atom stereocenters. The highest BCUT2D eigenvalue weighted by Crippen LogP contribution is 2.29. The van der Waals surface area contributed by atoms with Gasteiger partial charge in [-0.1, -0.05) is 13.3 Å². The summed E-state index contributed by atoms with van der Waals surface area (Å²) in [6.45, 7) is 3.07. The number of nitrogens with zero attached hydrogens (tertiary/aromatic N) is 1. The van der Waals surface area contributed by atoms with Crippen LogP contribution in [0.5, 0.6) is 0 Å². The number of carbonyl (C=O) groups excluding carboxylic acids is 1. The molecule has 0 aromatic carbocycles. The molecule has 1 aliphatic rings. The number of pyridine rings is 1. The van der Waals surface area contributed by atoms with Crippen molar-refractivity contribution in [1.82, 2.24) is 10.3 Å². The smallest absolute Gasteiger partial charge is 0.251 e. The summed E-state index contributed by atoms with van der Waals surface area (Å²) in [5.41, 5.74) is 0.665. The van der Waals surface area contributed by atoms with Crippen LogP contribution in [0.25, 0.3) is 0 Å². The van der Waals surface area contributed by atoms with E-state index in [1.807, 2.05) is 0 Å². The van der Waals surface area contributed by atoms with Crippen molar-refractivity contribution in [1.29, 1.82) is 0 Å². The number of rotatable bonds is 3. The van der Waals surface area contributed by atoms with Crippen LogP contribution in [0.2, 0.25) is 0 Å². The third-order valence-corrected chi connectivity index (χ3v) is 3.78. The lowest BCUT2D eigenvalue weighted by molar-refractivity contribution is 0.0947. The molecule has 0 saturated heterocycles. The van der Waals surface area contributed by atoms with E-state index in [4.69, 9.17) is 0 Å². The minimum Gasteiger partial charge on any atom is -0.352 e. The van der Waals surface area contributed by atoms with E-state index in [1.54, 1.807) is 18.3 Å². The van der Waals surface area contributed by atoms with Gasteiger partial charge in [-0.2, -0.15) is 0 Å². The predicted molar refractivity (Wildman–Crippen MR) is 70.8 cm³/mol. The first-order chi connectivity index (χ1) is 8.15. The molecule has 0 bridgehead atoms. The fraction of sp³-hybridized carbons (Fsp3) is 0.538. The molecule has 1 heterocycles. The van der Waals surface area contributed by atoms with Gasteiger partial charge in [0.2, 0.25) is 0 Å². The molecule has 1 aromatic heterocycles. The first-order valence-corrected chi connectivity index (χ1v) is 6.84. The summed E-state index contributed by atoms with van der Waals surface area (Å²) in [4.78, 5) is 15.9. The summed E-state index contributed by atoms with van der Waals surface area (Å²) >= 11 is 3.26. The first kappa shape index (κ1) is 12.6. The van der Waals surface area contributed by atoms with Gasteiger partial charge in [0.1, 0.15) is 4.60 Å². The fourth-order valence-electron chi connectivity index (χ4n) is 2.39. The second kappa shape index (κ2) is 5.63. The van der Waals surface area contributed by atoms with E-state index in [2.05, 4.69) is 33.2 Å². The molecule has 1 aliphatic carbocycles. The van der Waals surface area contributed by atoms with Gasteiger partial charge in [-0.15, -0.1) is 0 Å². The van der Waals surface area contributed by atoms with E-state index in [-0.39, 0.29) is 5.91 Å². The largest absolute Gasteiger partial charge is 0.352 e. The van der Waals surface area contributed by atoms with Gasteiger partial charge in [0, 0.05) is 18.3 Å². The van der Waals surface area contributed by atoms with Crippen molar-refractivity contribution in [2.24, 2.45) is 11.8 Å². The topological polar surface area (TPSA) is 42.0 Å². The minimum atomic E-state index is -0.00680. The Labute approximate surface area is 110 Å². The van der Waals surface area contributed by atoms with Crippen molar-refractivity contribution in [2.45, 2.75) is 26.2 Å². The Balaban J connectivity index is 1.85. The van der Waals surface area contributed by atoms with Gasteiger partial charge in [0.05, 0.1) is 0 Å². The normalized spacial score (nSPS) is 23.6. The number of hydrogen-bond donors (Lipinski definition) is 1. The Kier molecular flexibility index (Phi) is 4.15. The summed E-state index contributed by atoms with van der Waals surface area (Å²) in [5.74, 6) is 1.46. The molecule has 1 saturated carbocycles. The molecule has 4 heteroatoms. The highest BCUT2D eigenvalue weighted by molar-refractivity contribution is 9.10. The van der Waals surface area contributed by atoms with Gasteiger partial charge < -0.3 is 5.32 Å². The minimum absolute atomic E-state index is 0.00680. The highest BCUT2D eigenvalue weighted by atomic mass is 79.9. The molecule has 0 radical (unpaired) electrons. The van der Waals surface area contributed by atoms with Gasteiger partial charge in [0.15, 0.2) is 0 Å². The summed E-state index contributed by atoms with van der Waals surface area (Å²) in [6.07, 6.45) is 5.40. The van der Waals surface area contributed by atoms with E-state index >= 15 is 0 Å². The van der Waals surface area contributed by atoms with E-state index in [0.717, 1.165) is 12.5 Å². The third-order valence-electron chi connectivity index (χ3n) is 3.34. The molecule has 17 heavy (non-hydrogen) atoms. The quantitative estimate of drug-likeness (QED) is 0.871. The van der Waals surface area contributed by atoms with Gasteiger partial charge in [0.25, 0.3) is 5.91 Å². The van der Waals surface area contributed by atoms with Crippen LogP contribution in [0.1, 0.15) is 36.5 Å². The van der Waals surface area contributed by atoms with Crippen molar-refractivity contribution in [3.63, 3.8) is 0 Å². The number of amides is 1. The lowest BCUT2D eigenvalue weighted by Gasteiger charge is -2.11. The Bertz CT molecular complexity index is 408. The Morgan fingerprint density at radius 1 is 1.59 bits per heavy atom. The second-order valence-corrected chi connectivity index (χ2v) is 5.67. The van der Waals surface area contributed by atoms with Crippen molar-refractivity contribution >= 4 is 21.8 Å². The van der Waals surface area contributed by atoms with Crippen LogP contribution in [0.3, 0.4) is 0 Å². The Morgan fingerprint density at radius 3 is 3.06 bits per heavy atom. The van der Waals surface area contributed by atoms with Crippen LogP contribution in [-0.4, -0.2) is 17.4 Å². The standard InChI is InChI=1S/C13H17BrN2O/c1-9-2-3-10(6-9)8-16-13(17)11-4-5-15-12(14)7-11/h4-5,7,9-10H,2-3,6,8H2,1H3,(H,16,17). The molecule has 0 spiro atoms. The molecule has 3 nitrogen and oxygen atoms in total. The molecule has 2 rings (SSSR count). The maximum Gasteiger partial charge on any atom is 0.251 e. The number of nitrogens with one attached hydrogen (secondary N) is 1. The van der Waals surface area contributed by atoms with Crippen LogP contribution in [0.15, 0.2) is 22.9 Å². The maximum atomic E-state index is 11.9. The average Bonchev–Trinajstić information content (AvgIpc) is 2.72. The van der Waals surface area contributed by atoms with E-state index < -0.39 is 0 Å². The maximum absolute atomic E-state index is 11.9. The van der Waals surface area contributed by atoms with Gasteiger partial charge in [-0.05, 0) is 52.7 Å². The zero-order valence-electron chi connectivity index (χ0n) is 9.95. The zero-order chi connectivity index (χ0) is 12.3. The van der Waals surface area contributed by atoms with Crippen molar-refractivity contribution in [3.05, 3.63) is 28.5 Å². The molecule has 1 amide bonds. The van der Waals surface area contributed by atoms with Gasteiger partial charge >= 0.3 is 0 Å². The molecule has 2 atom stereocenters. The number of hydrogen-bond acceptors (Lipinski definition) is 2. The fourth-order valence-corrected chi connectivity index (χ4v) is 2.76. The third kappa shape index (κ3) is 3.53. The highest BCUT2D eigenvalue weighted by Gasteiger charge is 2.21. The van der Waals surface area contributed by atoms with Crippen LogP contribution in [-0.2, 0) is 0 Å². The Hall–Kier alpha value is -0.900. The predicted octanol–water partition coefficient (Wildman–Crippen LogP) is 3.01. The SMILES string of the molecule is CC1CCC(CNC(=O)c2ccnc(Br)c2)C1. The Morgan fingerprint density at radius 2 is 2.41 bits per heavy atom. The molecule has 1 fully saturated rings. The summed E-state index contributed by atoms with van der Waals surface area (Å²) in [6, 6.07) is 3.48. The summed E-state index contributed by atoms with van der Waals surface area (Å²) < 4.78 is 0.694. The zero-order valence-corrected chi connectivity index (χ0v) is 11.5. The molecule has 1 N–H and O–H groups in total. The van der Waals surface area contributed by atoms with Crippen LogP contribution in [0, 0.1) is 11.8 Å². The first-order valence-electron chi connectivity index (χ1n) is 6.05. The average molecular weight is 297 g/mol. The van der Waals surface area contributed by atoms with Crippen molar-refractivity contribution < 1.29 is 4.79 Å². The molecule has 1 aromatic rings.